The average molecular weight is 317 g/mol. The van der Waals surface area contributed by atoms with E-state index in [0.717, 1.165) is 17.5 Å². The fraction of sp³-hybridized carbons (Fsp3) is 0.235. The number of benzene rings is 2. The van der Waals surface area contributed by atoms with Gasteiger partial charge < -0.3 is 15.7 Å². The summed E-state index contributed by atoms with van der Waals surface area (Å²) in [6.45, 7) is 0.184. The van der Waals surface area contributed by atoms with Crippen LogP contribution in [0.1, 0.15) is 17.5 Å². The number of aliphatic hydroxyl groups is 1. The first kappa shape index (κ1) is 14.9. The Labute approximate surface area is 134 Å². The number of halogens is 1. The van der Waals surface area contributed by atoms with Crippen LogP contribution in [0.15, 0.2) is 48.5 Å². The third-order valence-corrected chi connectivity index (χ3v) is 4.22. The molecule has 0 fully saturated rings. The lowest BCUT2D eigenvalue weighted by Crippen LogP contribution is -2.41. The Hall–Kier alpha value is -2.04. The van der Waals surface area contributed by atoms with Crippen LogP contribution in [0, 0.1) is 0 Å². The fourth-order valence-corrected chi connectivity index (χ4v) is 2.91. The molecule has 4 nitrogen and oxygen atoms in total. The van der Waals surface area contributed by atoms with Gasteiger partial charge in [-0.25, -0.2) is 4.79 Å². The minimum absolute atomic E-state index is 0.184. The Morgan fingerprint density at radius 1 is 1.18 bits per heavy atom. The SMILES string of the molecule is O=C(NCC1(O)CCc2ccccc21)Nc1ccc(Cl)cc1. The molecule has 114 valence electrons. The molecule has 0 heterocycles. The summed E-state index contributed by atoms with van der Waals surface area (Å²) in [7, 11) is 0. The highest BCUT2D eigenvalue weighted by Crippen LogP contribution is 2.36. The van der Waals surface area contributed by atoms with Gasteiger partial charge in [-0.1, -0.05) is 35.9 Å². The molecule has 1 atom stereocenters. The first-order valence-electron chi connectivity index (χ1n) is 7.18. The molecule has 0 bridgehead atoms. The maximum atomic E-state index is 11.9. The van der Waals surface area contributed by atoms with Crippen LogP contribution in [-0.2, 0) is 12.0 Å². The number of rotatable bonds is 3. The Kier molecular flexibility index (Phi) is 4.05. The van der Waals surface area contributed by atoms with Gasteiger partial charge in [0.1, 0.15) is 5.60 Å². The van der Waals surface area contributed by atoms with Crippen molar-refractivity contribution < 1.29 is 9.90 Å². The molecular weight excluding hydrogens is 300 g/mol. The predicted octanol–water partition coefficient (Wildman–Crippen LogP) is 3.30. The predicted molar refractivity (Wildman–Crippen MR) is 87.1 cm³/mol. The maximum absolute atomic E-state index is 11.9. The lowest BCUT2D eigenvalue weighted by Gasteiger charge is -2.24. The molecule has 1 aliphatic carbocycles. The van der Waals surface area contributed by atoms with Gasteiger partial charge in [0, 0.05) is 10.7 Å². The summed E-state index contributed by atoms with van der Waals surface area (Å²) < 4.78 is 0. The quantitative estimate of drug-likeness (QED) is 0.813. The second-order valence-electron chi connectivity index (χ2n) is 5.50. The molecule has 0 aliphatic heterocycles. The molecule has 0 radical (unpaired) electrons. The Bertz CT molecular complexity index is 687. The first-order chi connectivity index (χ1) is 10.6. The van der Waals surface area contributed by atoms with Crippen LogP contribution >= 0.6 is 11.6 Å². The van der Waals surface area contributed by atoms with Crippen molar-refractivity contribution in [3.8, 4) is 0 Å². The topological polar surface area (TPSA) is 61.4 Å². The van der Waals surface area contributed by atoms with E-state index < -0.39 is 5.60 Å². The molecule has 2 aromatic rings. The number of hydrogen-bond donors (Lipinski definition) is 3. The van der Waals surface area contributed by atoms with Crippen LogP contribution in [0.4, 0.5) is 10.5 Å². The zero-order chi connectivity index (χ0) is 15.6. The van der Waals surface area contributed by atoms with Crippen molar-refractivity contribution in [2.45, 2.75) is 18.4 Å². The van der Waals surface area contributed by atoms with Crippen LogP contribution in [0.3, 0.4) is 0 Å². The van der Waals surface area contributed by atoms with Crippen molar-refractivity contribution in [3.05, 3.63) is 64.7 Å². The van der Waals surface area contributed by atoms with Gasteiger partial charge >= 0.3 is 6.03 Å². The molecule has 3 rings (SSSR count). The molecule has 1 unspecified atom stereocenters. The number of fused-ring (bicyclic) bond motifs is 1. The van der Waals surface area contributed by atoms with Gasteiger partial charge in [0.05, 0.1) is 6.54 Å². The molecule has 0 spiro atoms. The Morgan fingerprint density at radius 2 is 1.91 bits per heavy atom. The largest absolute Gasteiger partial charge is 0.383 e. The van der Waals surface area contributed by atoms with E-state index in [2.05, 4.69) is 10.6 Å². The normalized spacial score (nSPS) is 19.5. The first-order valence-corrected chi connectivity index (χ1v) is 7.56. The minimum atomic E-state index is -0.992. The number of carbonyl (C=O) groups excluding carboxylic acids is 1. The summed E-state index contributed by atoms with van der Waals surface area (Å²) in [6, 6.07) is 14.3. The molecule has 3 N–H and O–H groups in total. The molecule has 22 heavy (non-hydrogen) atoms. The van der Waals surface area contributed by atoms with E-state index in [4.69, 9.17) is 11.6 Å². The number of carbonyl (C=O) groups is 1. The fourth-order valence-electron chi connectivity index (χ4n) is 2.79. The monoisotopic (exact) mass is 316 g/mol. The van der Waals surface area contributed by atoms with E-state index in [-0.39, 0.29) is 12.6 Å². The molecule has 1 aliphatic rings. The Balaban J connectivity index is 1.61. The third-order valence-electron chi connectivity index (χ3n) is 3.97. The highest BCUT2D eigenvalue weighted by atomic mass is 35.5. The van der Waals surface area contributed by atoms with E-state index in [1.54, 1.807) is 24.3 Å². The molecule has 0 saturated heterocycles. The summed E-state index contributed by atoms with van der Waals surface area (Å²) in [5, 5.41) is 16.8. The van der Waals surface area contributed by atoms with Crippen molar-refractivity contribution in [3.63, 3.8) is 0 Å². The summed E-state index contributed by atoms with van der Waals surface area (Å²) in [5.41, 5.74) is 1.71. The van der Waals surface area contributed by atoms with Gasteiger partial charge in [-0.15, -0.1) is 0 Å². The van der Waals surface area contributed by atoms with E-state index in [9.17, 15) is 9.90 Å². The van der Waals surface area contributed by atoms with Crippen LogP contribution in [-0.4, -0.2) is 17.7 Å². The lowest BCUT2D eigenvalue weighted by molar-refractivity contribution is 0.0417. The van der Waals surface area contributed by atoms with Gasteiger partial charge in [-0.05, 0) is 48.2 Å². The minimum Gasteiger partial charge on any atom is -0.383 e. The van der Waals surface area contributed by atoms with Gasteiger partial charge in [0.2, 0.25) is 0 Å². The molecule has 2 aromatic carbocycles. The smallest absolute Gasteiger partial charge is 0.319 e. The van der Waals surface area contributed by atoms with Crippen molar-refractivity contribution in [2.75, 3.05) is 11.9 Å². The van der Waals surface area contributed by atoms with Gasteiger partial charge in [0.15, 0.2) is 0 Å². The van der Waals surface area contributed by atoms with Crippen molar-refractivity contribution in [1.82, 2.24) is 5.32 Å². The van der Waals surface area contributed by atoms with Crippen molar-refractivity contribution >= 4 is 23.3 Å². The van der Waals surface area contributed by atoms with E-state index in [1.807, 2.05) is 24.3 Å². The number of hydrogen-bond acceptors (Lipinski definition) is 2. The summed E-state index contributed by atoms with van der Waals surface area (Å²) in [4.78, 5) is 11.9. The molecule has 5 heteroatoms. The summed E-state index contributed by atoms with van der Waals surface area (Å²) >= 11 is 5.80. The standard InChI is InChI=1S/C17H17ClN2O2/c18-13-5-7-14(8-6-13)20-16(21)19-11-17(22)10-9-12-3-1-2-4-15(12)17/h1-8,22H,9-11H2,(H2,19,20,21). The highest BCUT2D eigenvalue weighted by Gasteiger charge is 2.36. The van der Waals surface area contributed by atoms with E-state index in [0.29, 0.717) is 17.1 Å². The Morgan fingerprint density at radius 3 is 2.68 bits per heavy atom. The summed E-state index contributed by atoms with van der Waals surface area (Å²) in [5.74, 6) is 0. The number of anilines is 1. The lowest BCUT2D eigenvalue weighted by atomic mass is 9.96. The third kappa shape index (κ3) is 3.08. The van der Waals surface area contributed by atoms with Crippen LogP contribution < -0.4 is 10.6 Å². The number of aryl methyl sites for hydroxylation is 1. The van der Waals surface area contributed by atoms with Crippen molar-refractivity contribution in [2.24, 2.45) is 0 Å². The highest BCUT2D eigenvalue weighted by molar-refractivity contribution is 6.30. The maximum Gasteiger partial charge on any atom is 0.319 e. The molecule has 0 saturated carbocycles. The van der Waals surface area contributed by atoms with Gasteiger partial charge in [0.25, 0.3) is 0 Å². The second-order valence-corrected chi connectivity index (χ2v) is 5.94. The van der Waals surface area contributed by atoms with Gasteiger partial charge in [-0.2, -0.15) is 0 Å². The van der Waals surface area contributed by atoms with E-state index in [1.165, 1.54) is 0 Å². The zero-order valence-electron chi connectivity index (χ0n) is 12.0. The number of urea groups is 1. The van der Waals surface area contributed by atoms with Gasteiger partial charge in [-0.3, -0.25) is 0 Å². The van der Waals surface area contributed by atoms with Crippen LogP contribution in [0.5, 0.6) is 0 Å². The average Bonchev–Trinajstić information content (AvgIpc) is 2.86. The van der Waals surface area contributed by atoms with Crippen LogP contribution in [0.2, 0.25) is 5.02 Å². The van der Waals surface area contributed by atoms with Crippen molar-refractivity contribution in [1.29, 1.82) is 0 Å². The molecule has 2 amide bonds. The number of amides is 2. The zero-order valence-corrected chi connectivity index (χ0v) is 12.7. The second kappa shape index (κ2) is 5.99. The number of nitrogens with one attached hydrogen (secondary N) is 2. The summed E-state index contributed by atoms with van der Waals surface area (Å²) in [6.07, 6.45) is 1.45. The van der Waals surface area contributed by atoms with E-state index >= 15 is 0 Å². The molecular formula is C17H17ClN2O2. The van der Waals surface area contributed by atoms with Crippen LogP contribution in [0.25, 0.3) is 0 Å². The molecule has 0 aromatic heterocycles.